The van der Waals surface area contributed by atoms with E-state index in [-0.39, 0.29) is 23.4 Å². The first-order valence-electron chi connectivity index (χ1n) is 12.9. The number of benzene rings is 3. The number of rotatable bonds is 12. The maximum absolute atomic E-state index is 14.0. The van der Waals surface area contributed by atoms with Crippen molar-refractivity contribution in [3.63, 3.8) is 0 Å². The first kappa shape index (κ1) is 29.7. The molecule has 0 aliphatic carbocycles. The molecular formula is C30H37N3O5S. The van der Waals surface area contributed by atoms with Crippen LogP contribution in [0.25, 0.3) is 0 Å². The molecule has 0 radical (unpaired) electrons. The van der Waals surface area contributed by atoms with Gasteiger partial charge in [-0.15, -0.1) is 0 Å². The molecule has 39 heavy (non-hydrogen) atoms. The summed E-state index contributed by atoms with van der Waals surface area (Å²) in [5.41, 5.74) is 1.88. The highest BCUT2D eigenvalue weighted by Crippen LogP contribution is 2.27. The fourth-order valence-electron chi connectivity index (χ4n) is 4.05. The Hall–Kier alpha value is -3.85. The average Bonchev–Trinajstić information content (AvgIpc) is 2.95. The Morgan fingerprint density at radius 2 is 1.54 bits per heavy atom. The minimum atomic E-state index is -4.09. The van der Waals surface area contributed by atoms with Crippen LogP contribution in [0, 0.1) is 6.92 Å². The zero-order valence-corrected chi connectivity index (χ0v) is 23.9. The predicted octanol–water partition coefficient (Wildman–Crippen LogP) is 4.53. The van der Waals surface area contributed by atoms with E-state index in [2.05, 4.69) is 5.32 Å². The van der Waals surface area contributed by atoms with Gasteiger partial charge in [-0.1, -0.05) is 55.5 Å². The number of aryl methyl sites for hydroxylation is 1. The minimum absolute atomic E-state index is 0.0696. The highest BCUT2D eigenvalue weighted by molar-refractivity contribution is 7.92. The third kappa shape index (κ3) is 7.38. The van der Waals surface area contributed by atoms with Crippen molar-refractivity contribution in [1.29, 1.82) is 0 Å². The highest BCUT2D eigenvalue weighted by atomic mass is 32.2. The van der Waals surface area contributed by atoms with Crippen molar-refractivity contribution in [2.24, 2.45) is 0 Å². The van der Waals surface area contributed by atoms with Crippen molar-refractivity contribution in [3.8, 4) is 5.75 Å². The number of nitrogens with one attached hydrogen (secondary N) is 1. The van der Waals surface area contributed by atoms with Crippen LogP contribution < -0.4 is 14.4 Å². The van der Waals surface area contributed by atoms with Crippen LogP contribution in [0.5, 0.6) is 5.75 Å². The minimum Gasteiger partial charge on any atom is -0.497 e. The van der Waals surface area contributed by atoms with Crippen molar-refractivity contribution in [3.05, 3.63) is 90.0 Å². The summed E-state index contributed by atoms with van der Waals surface area (Å²) < 4.78 is 34.0. The number of para-hydroxylation sites is 1. The van der Waals surface area contributed by atoms with Crippen molar-refractivity contribution in [2.75, 3.05) is 18.0 Å². The Kier molecular flexibility index (Phi) is 10.1. The van der Waals surface area contributed by atoms with E-state index in [1.807, 2.05) is 32.0 Å². The molecule has 3 aromatic carbocycles. The number of hydrogen-bond donors (Lipinski definition) is 1. The molecule has 0 bridgehead atoms. The normalized spacial score (nSPS) is 12.7. The zero-order chi connectivity index (χ0) is 28.6. The van der Waals surface area contributed by atoms with E-state index in [4.69, 9.17) is 4.74 Å². The molecule has 0 aliphatic heterocycles. The first-order chi connectivity index (χ1) is 18.6. The van der Waals surface area contributed by atoms with Gasteiger partial charge < -0.3 is 15.0 Å². The van der Waals surface area contributed by atoms with Crippen molar-refractivity contribution >= 4 is 27.5 Å². The van der Waals surface area contributed by atoms with Crippen LogP contribution in [0.2, 0.25) is 0 Å². The van der Waals surface area contributed by atoms with Gasteiger partial charge in [0.25, 0.3) is 10.0 Å². The molecule has 0 heterocycles. The van der Waals surface area contributed by atoms with E-state index in [0.29, 0.717) is 17.0 Å². The van der Waals surface area contributed by atoms with Crippen LogP contribution in [0.15, 0.2) is 83.8 Å². The molecule has 3 rings (SSSR count). The summed E-state index contributed by atoms with van der Waals surface area (Å²) in [5.74, 6) is -0.140. The SMILES string of the molecule is CCC(C)NC(=O)C(C)N(Cc1ccc(OC)cc1)C(=O)CN(c1ccccc1C)S(=O)(=O)c1ccccc1. The van der Waals surface area contributed by atoms with Crippen LogP contribution in [-0.4, -0.2) is 50.9 Å². The molecule has 9 heteroatoms. The van der Waals surface area contributed by atoms with Crippen LogP contribution in [0.3, 0.4) is 0 Å². The number of anilines is 1. The second-order valence-electron chi connectivity index (χ2n) is 9.47. The Morgan fingerprint density at radius 3 is 2.13 bits per heavy atom. The molecular weight excluding hydrogens is 514 g/mol. The van der Waals surface area contributed by atoms with Crippen molar-refractivity contribution in [1.82, 2.24) is 10.2 Å². The summed E-state index contributed by atoms with van der Waals surface area (Å²) in [6.07, 6.45) is 0.737. The molecule has 0 spiro atoms. The summed E-state index contributed by atoms with van der Waals surface area (Å²) in [5, 5.41) is 2.93. The van der Waals surface area contributed by atoms with Gasteiger partial charge in [0.05, 0.1) is 17.7 Å². The maximum Gasteiger partial charge on any atom is 0.264 e. The van der Waals surface area contributed by atoms with Crippen molar-refractivity contribution < 1.29 is 22.7 Å². The van der Waals surface area contributed by atoms with E-state index in [1.165, 1.54) is 17.0 Å². The van der Waals surface area contributed by atoms with E-state index >= 15 is 0 Å². The van der Waals surface area contributed by atoms with Gasteiger partial charge in [-0.3, -0.25) is 13.9 Å². The number of nitrogens with zero attached hydrogens (tertiary/aromatic N) is 2. The number of methoxy groups -OCH3 is 1. The molecule has 0 saturated heterocycles. The summed E-state index contributed by atoms with van der Waals surface area (Å²) in [6, 6.07) is 21.3. The van der Waals surface area contributed by atoms with E-state index in [1.54, 1.807) is 69.5 Å². The lowest BCUT2D eigenvalue weighted by molar-refractivity contribution is -0.139. The maximum atomic E-state index is 14.0. The third-order valence-corrected chi connectivity index (χ3v) is 8.45. The Balaban J connectivity index is 2.02. The Labute approximate surface area is 231 Å². The molecule has 0 saturated carbocycles. The summed E-state index contributed by atoms with van der Waals surface area (Å²) in [6.45, 7) is 6.95. The van der Waals surface area contributed by atoms with Gasteiger partial charge >= 0.3 is 0 Å². The fraction of sp³-hybridized carbons (Fsp3) is 0.333. The highest BCUT2D eigenvalue weighted by Gasteiger charge is 2.33. The standard InChI is InChI=1S/C30H37N3O5S/c1-6-23(3)31-30(35)24(4)32(20-25-16-18-26(38-5)19-17-25)29(34)21-33(28-15-11-10-12-22(28)2)39(36,37)27-13-8-7-9-14-27/h7-19,23-24H,6,20-21H2,1-5H3,(H,31,35). The van der Waals surface area contributed by atoms with Gasteiger partial charge in [0.2, 0.25) is 11.8 Å². The number of carbonyl (C=O) groups excluding carboxylic acids is 2. The van der Waals surface area contributed by atoms with Gasteiger partial charge in [0, 0.05) is 12.6 Å². The molecule has 1 N–H and O–H groups in total. The molecule has 0 aliphatic rings. The van der Waals surface area contributed by atoms with Crippen LogP contribution in [0.4, 0.5) is 5.69 Å². The topological polar surface area (TPSA) is 96.0 Å². The largest absolute Gasteiger partial charge is 0.497 e. The van der Waals surface area contributed by atoms with Crippen molar-refractivity contribution in [2.45, 2.75) is 57.6 Å². The van der Waals surface area contributed by atoms with Gasteiger partial charge in [0.1, 0.15) is 18.3 Å². The van der Waals surface area contributed by atoms with E-state index in [9.17, 15) is 18.0 Å². The summed E-state index contributed by atoms with van der Waals surface area (Å²) in [7, 11) is -2.52. The predicted molar refractivity (Wildman–Crippen MR) is 153 cm³/mol. The Bertz CT molecular complexity index is 1360. The average molecular weight is 552 g/mol. The summed E-state index contributed by atoms with van der Waals surface area (Å²) >= 11 is 0. The smallest absolute Gasteiger partial charge is 0.264 e. The molecule has 8 nitrogen and oxygen atoms in total. The second kappa shape index (κ2) is 13.3. The number of ether oxygens (including phenoxy) is 1. The van der Waals surface area contributed by atoms with Gasteiger partial charge in [-0.05, 0) is 68.7 Å². The molecule has 3 aromatic rings. The molecule has 0 aromatic heterocycles. The number of amides is 2. The van der Waals surface area contributed by atoms with Crippen LogP contribution in [-0.2, 0) is 26.2 Å². The number of sulfonamides is 1. The molecule has 0 fully saturated rings. The van der Waals surface area contributed by atoms with Crippen LogP contribution >= 0.6 is 0 Å². The lowest BCUT2D eigenvalue weighted by Crippen LogP contribution is -2.52. The monoisotopic (exact) mass is 551 g/mol. The number of carbonyl (C=O) groups is 2. The van der Waals surface area contributed by atoms with Gasteiger partial charge in [-0.25, -0.2) is 8.42 Å². The van der Waals surface area contributed by atoms with Gasteiger partial charge in [0.15, 0.2) is 0 Å². The fourth-order valence-corrected chi connectivity index (χ4v) is 5.55. The first-order valence-corrected chi connectivity index (χ1v) is 14.4. The Morgan fingerprint density at radius 1 is 0.923 bits per heavy atom. The molecule has 208 valence electrons. The molecule has 2 amide bonds. The van der Waals surface area contributed by atoms with E-state index in [0.717, 1.165) is 16.3 Å². The second-order valence-corrected chi connectivity index (χ2v) is 11.3. The summed E-state index contributed by atoms with van der Waals surface area (Å²) in [4.78, 5) is 28.6. The van der Waals surface area contributed by atoms with E-state index < -0.39 is 28.5 Å². The lowest BCUT2D eigenvalue weighted by atomic mass is 10.1. The molecule has 2 atom stereocenters. The lowest BCUT2D eigenvalue weighted by Gasteiger charge is -2.33. The zero-order valence-electron chi connectivity index (χ0n) is 23.1. The van der Waals surface area contributed by atoms with Crippen LogP contribution in [0.1, 0.15) is 38.3 Å². The van der Waals surface area contributed by atoms with Gasteiger partial charge in [-0.2, -0.15) is 0 Å². The number of hydrogen-bond acceptors (Lipinski definition) is 5. The quantitative estimate of drug-likeness (QED) is 0.357. The third-order valence-electron chi connectivity index (χ3n) is 6.67. The molecule has 2 unspecified atom stereocenters.